The molecule has 0 atom stereocenters. The number of ether oxygens (including phenoxy) is 2. The lowest BCUT2D eigenvalue weighted by molar-refractivity contribution is -0.133. The van der Waals surface area contributed by atoms with E-state index in [-0.39, 0.29) is 12.0 Å². The van der Waals surface area contributed by atoms with Crippen LogP contribution in [0.25, 0.3) is 0 Å². The van der Waals surface area contributed by atoms with E-state index in [0.717, 1.165) is 0 Å². The van der Waals surface area contributed by atoms with Crippen LogP contribution in [0.5, 0.6) is 5.75 Å². The highest BCUT2D eigenvalue weighted by molar-refractivity contribution is 5.77. The lowest BCUT2D eigenvalue weighted by Crippen LogP contribution is -2.51. The van der Waals surface area contributed by atoms with E-state index < -0.39 is 0 Å². The Hall–Kier alpha value is -2.08. The number of nitrogens with zero attached hydrogens (tertiary/aromatic N) is 2. The van der Waals surface area contributed by atoms with Gasteiger partial charge in [0, 0.05) is 33.3 Å². The number of amides is 2. The van der Waals surface area contributed by atoms with Crippen molar-refractivity contribution < 1.29 is 19.1 Å². The van der Waals surface area contributed by atoms with Crippen molar-refractivity contribution >= 4 is 12.0 Å². The van der Waals surface area contributed by atoms with Crippen molar-refractivity contribution in [2.45, 2.75) is 6.42 Å². The van der Waals surface area contributed by atoms with Crippen LogP contribution in [0.15, 0.2) is 30.3 Å². The Labute approximate surface area is 124 Å². The number of piperazine rings is 1. The molecule has 0 unspecified atom stereocenters. The Bertz CT molecular complexity index is 470. The molecule has 1 aliphatic rings. The Balaban J connectivity index is 1.78. The highest BCUT2D eigenvalue weighted by atomic mass is 16.6. The van der Waals surface area contributed by atoms with Crippen molar-refractivity contribution in [3.8, 4) is 5.75 Å². The molecule has 0 radical (unpaired) electrons. The van der Waals surface area contributed by atoms with Crippen LogP contribution in [0, 0.1) is 0 Å². The summed E-state index contributed by atoms with van der Waals surface area (Å²) in [5.74, 6) is 0.592. The fourth-order valence-corrected chi connectivity index (χ4v) is 2.14. The van der Waals surface area contributed by atoms with Gasteiger partial charge in [-0.2, -0.15) is 0 Å². The van der Waals surface area contributed by atoms with Crippen molar-refractivity contribution in [1.82, 2.24) is 9.80 Å². The van der Waals surface area contributed by atoms with Crippen LogP contribution in [0.4, 0.5) is 4.79 Å². The van der Waals surface area contributed by atoms with Gasteiger partial charge in [-0.25, -0.2) is 4.79 Å². The largest absolute Gasteiger partial charge is 0.415 e. The monoisotopic (exact) mass is 292 g/mol. The van der Waals surface area contributed by atoms with E-state index in [1.165, 1.54) is 0 Å². The van der Waals surface area contributed by atoms with Gasteiger partial charge in [-0.05, 0) is 12.1 Å². The van der Waals surface area contributed by atoms with Gasteiger partial charge in [-0.3, -0.25) is 4.79 Å². The summed E-state index contributed by atoms with van der Waals surface area (Å²) in [5.41, 5.74) is 0. The van der Waals surface area contributed by atoms with Gasteiger partial charge in [0.25, 0.3) is 0 Å². The zero-order valence-electron chi connectivity index (χ0n) is 12.2. The number of carbonyl (C=O) groups is 2. The van der Waals surface area contributed by atoms with Gasteiger partial charge >= 0.3 is 6.09 Å². The number of hydrogen-bond acceptors (Lipinski definition) is 4. The molecule has 1 fully saturated rings. The fraction of sp³-hybridized carbons (Fsp3) is 0.467. The van der Waals surface area contributed by atoms with Gasteiger partial charge in [0.15, 0.2) is 0 Å². The molecule has 21 heavy (non-hydrogen) atoms. The first-order valence-corrected chi connectivity index (χ1v) is 6.99. The molecule has 0 aliphatic carbocycles. The summed E-state index contributed by atoms with van der Waals surface area (Å²) >= 11 is 0. The summed E-state index contributed by atoms with van der Waals surface area (Å²) in [5, 5.41) is 0. The van der Waals surface area contributed by atoms with E-state index in [4.69, 9.17) is 9.47 Å². The van der Waals surface area contributed by atoms with Gasteiger partial charge in [0.1, 0.15) is 5.75 Å². The Morgan fingerprint density at radius 1 is 1.05 bits per heavy atom. The predicted octanol–water partition coefficient (Wildman–Crippen LogP) is 1.37. The molecule has 0 spiro atoms. The lowest BCUT2D eigenvalue weighted by Gasteiger charge is -2.34. The van der Waals surface area contributed by atoms with Crippen LogP contribution < -0.4 is 4.74 Å². The molecular formula is C15H20N2O4. The maximum atomic E-state index is 12.0. The molecule has 6 heteroatoms. The minimum atomic E-state index is -0.370. The van der Waals surface area contributed by atoms with Crippen LogP contribution in [0.2, 0.25) is 0 Å². The summed E-state index contributed by atoms with van der Waals surface area (Å²) in [6, 6.07) is 8.97. The van der Waals surface area contributed by atoms with Gasteiger partial charge in [0.2, 0.25) is 5.91 Å². The third kappa shape index (κ3) is 4.46. The van der Waals surface area contributed by atoms with Crippen molar-refractivity contribution in [2.24, 2.45) is 0 Å². The van der Waals surface area contributed by atoms with Crippen LogP contribution in [0.3, 0.4) is 0 Å². The Morgan fingerprint density at radius 3 is 2.29 bits per heavy atom. The first-order chi connectivity index (χ1) is 10.2. The van der Waals surface area contributed by atoms with Crippen molar-refractivity contribution in [2.75, 3.05) is 39.9 Å². The molecule has 1 aliphatic heterocycles. The third-order valence-corrected chi connectivity index (χ3v) is 3.36. The van der Waals surface area contributed by atoms with Crippen molar-refractivity contribution in [3.63, 3.8) is 0 Å². The van der Waals surface area contributed by atoms with E-state index in [1.807, 2.05) is 18.2 Å². The molecule has 2 amide bonds. The molecule has 0 aromatic heterocycles. The number of hydrogen-bond donors (Lipinski definition) is 0. The van der Waals surface area contributed by atoms with Gasteiger partial charge in [0.05, 0.1) is 13.0 Å². The number of methoxy groups -OCH3 is 1. The summed E-state index contributed by atoms with van der Waals surface area (Å²) in [7, 11) is 1.57. The van der Waals surface area contributed by atoms with Crippen LogP contribution in [0.1, 0.15) is 6.42 Å². The number of carbonyl (C=O) groups excluding carboxylic acids is 2. The smallest absolute Gasteiger partial charge is 0.410 e. The van der Waals surface area contributed by atoms with Gasteiger partial charge in [-0.15, -0.1) is 0 Å². The average Bonchev–Trinajstić information content (AvgIpc) is 2.53. The zero-order chi connectivity index (χ0) is 15.1. The summed E-state index contributed by atoms with van der Waals surface area (Å²) in [4.78, 5) is 27.2. The molecule has 0 saturated carbocycles. The van der Waals surface area contributed by atoms with Gasteiger partial charge < -0.3 is 19.3 Å². The van der Waals surface area contributed by atoms with Crippen LogP contribution >= 0.6 is 0 Å². The molecule has 0 bridgehead atoms. The van der Waals surface area contributed by atoms with E-state index in [1.54, 1.807) is 29.0 Å². The molecule has 1 aromatic rings. The second kappa shape index (κ2) is 7.64. The summed E-state index contributed by atoms with van der Waals surface area (Å²) < 4.78 is 10.2. The fourth-order valence-electron chi connectivity index (χ4n) is 2.14. The molecule has 1 aromatic carbocycles. The zero-order valence-corrected chi connectivity index (χ0v) is 12.2. The molecule has 0 N–H and O–H groups in total. The number of benzene rings is 1. The molecular weight excluding hydrogens is 272 g/mol. The quantitative estimate of drug-likeness (QED) is 0.841. The van der Waals surface area contributed by atoms with E-state index in [9.17, 15) is 9.59 Å². The number of rotatable bonds is 4. The summed E-state index contributed by atoms with van der Waals surface area (Å²) in [6.07, 6.45) is 0.00973. The SMILES string of the molecule is COCCC(=O)N1CCN(C(=O)Oc2ccccc2)CC1. The van der Waals surface area contributed by atoms with E-state index in [2.05, 4.69) is 0 Å². The molecule has 1 heterocycles. The van der Waals surface area contributed by atoms with E-state index in [0.29, 0.717) is 45.0 Å². The second-order valence-corrected chi connectivity index (χ2v) is 4.79. The molecule has 6 nitrogen and oxygen atoms in total. The van der Waals surface area contributed by atoms with Crippen molar-refractivity contribution in [1.29, 1.82) is 0 Å². The Kier molecular flexibility index (Phi) is 5.57. The first kappa shape index (κ1) is 15.3. The number of para-hydroxylation sites is 1. The molecule has 2 rings (SSSR count). The van der Waals surface area contributed by atoms with Gasteiger partial charge in [-0.1, -0.05) is 18.2 Å². The van der Waals surface area contributed by atoms with Crippen LogP contribution in [-0.2, 0) is 9.53 Å². The maximum Gasteiger partial charge on any atom is 0.415 e. The standard InChI is InChI=1S/C15H20N2O4/c1-20-12-7-14(18)16-8-10-17(11-9-16)15(19)21-13-5-3-2-4-6-13/h2-6H,7-12H2,1H3. The predicted molar refractivity (Wildman–Crippen MR) is 77.1 cm³/mol. The minimum Gasteiger partial charge on any atom is -0.410 e. The van der Waals surface area contributed by atoms with Crippen LogP contribution in [-0.4, -0.2) is 61.7 Å². The highest BCUT2D eigenvalue weighted by Crippen LogP contribution is 2.12. The average molecular weight is 292 g/mol. The topological polar surface area (TPSA) is 59.1 Å². The maximum absolute atomic E-state index is 12.0. The third-order valence-electron chi connectivity index (χ3n) is 3.36. The summed E-state index contributed by atoms with van der Waals surface area (Å²) in [6.45, 7) is 2.47. The molecule has 1 saturated heterocycles. The Morgan fingerprint density at radius 2 is 1.67 bits per heavy atom. The first-order valence-electron chi connectivity index (χ1n) is 6.99. The molecule has 114 valence electrons. The van der Waals surface area contributed by atoms with Crippen molar-refractivity contribution in [3.05, 3.63) is 30.3 Å². The second-order valence-electron chi connectivity index (χ2n) is 4.79. The lowest BCUT2D eigenvalue weighted by atomic mass is 10.3. The normalized spacial score (nSPS) is 14.9. The van der Waals surface area contributed by atoms with E-state index >= 15 is 0 Å². The highest BCUT2D eigenvalue weighted by Gasteiger charge is 2.24. The minimum absolute atomic E-state index is 0.0629.